The molecule has 6 heteroatoms. The summed E-state index contributed by atoms with van der Waals surface area (Å²) in [7, 11) is 0. The van der Waals surface area contributed by atoms with Crippen molar-refractivity contribution < 1.29 is 9.59 Å². The summed E-state index contributed by atoms with van der Waals surface area (Å²) < 4.78 is 1.77. The molecule has 0 saturated carbocycles. The third-order valence-electron chi connectivity index (χ3n) is 4.67. The van der Waals surface area contributed by atoms with Crippen LogP contribution in [0.3, 0.4) is 0 Å². The van der Waals surface area contributed by atoms with Gasteiger partial charge in [-0.2, -0.15) is 5.10 Å². The van der Waals surface area contributed by atoms with Crippen LogP contribution in [0.25, 0.3) is 5.69 Å². The highest BCUT2D eigenvalue weighted by molar-refractivity contribution is 5.81. The number of rotatable bonds is 4. The van der Waals surface area contributed by atoms with Gasteiger partial charge >= 0.3 is 0 Å². The zero-order valence-electron chi connectivity index (χ0n) is 13.8. The minimum absolute atomic E-state index is 0.0419. The molecule has 2 heterocycles. The van der Waals surface area contributed by atoms with E-state index in [1.54, 1.807) is 15.8 Å². The maximum Gasteiger partial charge on any atom is 0.227 e. The fraction of sp³-hybridized carbons (Fsp3) is 0.389. The normalized spacial score (nSPS) is 20.8. The first-order valence-corrected chi connectivity index (χ1v) is 8.22. The molecule has 2 N–H and O–H groups in total. The van der Waals surface area contributed by atoms with Gasteiger partial charge in [-0.3, -0.25) is 9.59 Å². The lowest BCUT2D eigenvalue weighted by atomic mass is 9.92. The Labute approximate surface area is 141 Å². The lowest BCUT2D eigenvalue weighted by Gasteiger charge is -2.37. The summed E-state index contributed by atoms with van der Waals surface area (Å²) in [6.07, 6.45) is 5.51. The van der Waals surface area contributed by atoms with Crippen molar-refractivity contribution in [2.24, 2.45) is 11.7 Å². The van der Waals surface area contributed by atoms with E-state index in [0.29, 0.717) is 13.0 Å². The van der Waals surface area contributed by atoms with Gasteiger partial charge in [-0.15, -0.1) is 0 Å². The van der Waals surface area contributed by atoms with Gasteiger partial charge < -0.3 is 10.6 Å². The van der Waals surface area contributed by atoms with E-state index in [4.69, 9.17) is 5.73 Å². The predicted octanol–water partition coefficient (Wildman–Crippen LogP) is 1.53. The van der Waals surface area contributed by atoms with E-state index < -0.39 is 0 Å². The van der Waals surface area contributed by atoms with Gasteiger partial charge in [-0.1, -0.05) is 12.1 Å². The van der Waals surface area contributed by atoms with Crippen LogP contribution in [-0.4, -0.2) is 39.1 Å². The summed E-state index contributed by atoms with van der Waals surface area (Å²) in [6.45, 7) is 2.45. The monoisotopic (exact) mass is 326 g/mol. The second kappa shape index (κ2) is 6.86. The van der Waals surface area contributed by atoms with Gasteiger partial charge in [0, 0.05) is 25.0 Å². The van der Waals surface area contributed by atoms with Crippen LogP contribution in [0.2, 0.25) is 0 Å². The molecular formula is C18H22N4O2. The second-order valence-corrected chi connectivity index (χ2v) is 6.37. The Bertz CT molecular complexity index is 709. The zero-order valence-corrected chi connectivity index (χ0v) is 13.8. The molecule has 0 unspecified atom stereocenters. The summed E-state index contributed by atoms with van der Waals surface area (Å²) in [5.41, 5.74) is 7.31. The Morgan fingerprint density at radius 3 is 2.62 bits per heavy atom. The van der Waals surface area contributed by atoms with Crippen LogP contribution < -0.4 is 5.73 Å². The zero-order chi connectivity index (χ0) is 17.1. The van der Waals surface area contributed by atoms with Crippen LogP contribution in [0.15, 0.2) is 42.7 Å². The van der Waals surface area contributed by atoms with E-state index in [-0.39, 0.29) is 23.8 Å². The molecule has 1 fully saturated rings. The van der Waals surface area contributed by atoms with E-state index >= 15 is 0 Å². The molecule has 2 aromatic rings. The van der Waals surface area contributed by atoms with E-state index in [9.17, 15) is 9.59 Å². The minimum atomic E-state index is -0.316. The standard InChI is InChI=1S/C18H22N4O2/c1-13-3-6-15(18(19)24)12-21(13)17(23)11-14-4-7-16(8-5-14)22-10-2-9-20-22/h2,4-5,7-10,13,15H,3,6,11-12H2,1H3,(H2,19,24)/t13-,15-/m1/s1. The highest BCUT2D eigenvalue weighted by Crippen LogP contribution is 2.22. The molecule has 24 heavy (non-hydrogen) atoms. The number of carbonyl (C=O) groups is 2. The number of amides is 2. The third kappa shape index (κ3) is 3.48. The van der Waals surface area contributed by atoms with Gasteiger partial charge in [0.1, 0.15) is 0 Å². The molecule has 2 atom stereocenters. The van der Waals surface area contributed by atoms with Crippen molar-refractivity contribution in [1.82, 2.24) is 14.7 Å². The largest absolute Gasteiger partial charge is 0.369 e. The van der Waals surface area contributed by atoms with Gasteiger partial charge in [0.15, 0.2) is 0 Å². The van der Waals surface area contributed by atoms with E-state index in [0.717, 1.165) is 24.1 Å². The Balaban J connectivity index is 1.66. The van der Waals surface area contributed by atoms with Crippen LogP contribution in [-0.2, 0) is 16.0 Å². The molecule has 3 rings (SSSR count). The van der Waals surface area contributed by atoms with E-state index in [1.807, 2.05) is 43.5 Å². The van der Waals surface area contributed by atoms with Crippen molar-refractivity contribution >= 4 is 11.8 Å². The lowest BCUT2D eigenvalue weighted by Crippen LogP contribution is -2.49. The van der Waals surface area contributed by atoms with E-state index in [1.165, 1.54) is 0 Å². The van der Waals surface area contributed by atoms with Crippen LogP contribution in [0, 0.1) is 5.92 Å². The molecule has 1 saturated heterocycles. The number of nitrogens with two attached hydrogens (primary N) is 1. The molecule has 126 valence electrons. The Kier molecular flexibility index (Phi) is 4.64. The van der Waals surface area contributed by atoms with Gasteiger partial charge in [0.25, 0.3) is 0 Å². The average Bonchev–Trinajstić information content (AvgIpc) is 3.10. The maximum absolute atomic E-state index is 12.6. The van der Waals surface area contributed by atoms with Gasteiger partial charge in [-0.05, 0) is 43.5 Å². The van der Waals surface area contributed by atoms with Crippen LogP contribution in [0.5, 0.6) is 0 Å². The number of aromatic nitrogens is 2. The first-order chi connectivity index (χ1) is 11.5. The number of piperidine rings is 1. The first kappa shape index (κ1) is 16.2. The number of carbonyl (C=O) groups excluding carboxylic acids is 2. The van der Waals surface area contributed by atoms with Crippen LogP contribution >= 0.6 is 0 Å². The Hall–Kier alpha value is -2.63. The van der Waals surface area contributed by atoms with Crippen molar-refractivity contribution in [3.8, 4) is 5.69 Å². The molecule has 2 amide bonds. The maximum atomic E-state index is 12.6. The van der Waals surface area contributed by atoms with Crippen molar-refractivity contribution in [3.05, 3.63) is 48.3 Å². The smallest absolute Gasteiger partial charge is 0.227 e. The summed E-state index contributed by atoms with van der Waals surface area (Å²) >= 11 is 0. The minimum Gasteiger partial charge on any atom is -0.369 e. The Morgan fingerprint density at radius 2 is 2.00 bits per heavy atom. The molecular weight excluding hydrogens is 304 g/mol. The number of nitrogens with zero attached hydrogens (tertiary/aromatic N) is 3. The molecule has 1 aliphatic rings. The molecule has 0 spiro atoms. The van der Waals surface area contributed by atoms with Gasteiger partial charge in [0.05, 0.1) is 18.0 Å². The second-order valence-electron chi connectivity index (χ2n) is 6.37. The number of benzene rings is 1. The fourth-order valence-electron chi connectivity index (χ4n) is 3.15. The number of primary amides is 1. The quantitative estimate of drug-likeness (QED) is 0.925. The molecule has 1 aromatic heterocycles. The molecule has 6 nitrogen and oxygen atoms in total. The highest BCUT2D eigenvalue weighted by atomic mass is 16.2. The third-order valence-corrected chi connectivity index (χ3v) is 4.67. The van der Waals surface area contributed by atoms with Crippen LogP contribution in [0.1, 0.15) is 25.3 Å². The summed E-state index contributed by atoms with van der Waals surface area (Å²) in [5.74, 6) is -0.504. The van der Waals surface area contributed by atoms with Gasteiger partial charge in [-0.25, -0.2) is 4.68 Å². The molecule has 1 aliphatic heterocycles. The first-order valence-electron chi connectivity index (χ1n) is 8.22. The van der Waals surface area contributed by atoms with Crippen molar-refractivity contribution in [1.29, 1.82) is 0 Å². The average molecular weight is 326 g/mol. The van der Waals surface area contributed by atoms with Crippen molar-refractivity contribution in [3.63, 3.8) is 0 Å². The van der Waals surface area contributed by atoms with Crippen LogP contribution in [0.4, 0.5) is 0 Å². The lowest BCUT2D eigenvalue weighted by molar-refractivity contribution is -0.136. The molecule has 0 bridgehead atoms. The highest BCUT2D eigenvalue weighted by Gasteiger charge is 2.31. The molecule has 0 aliphatic carbocycles. The Morgan fingerprint density at radius 1 is 1.25 bits per heavy atom. The summed E-state index contributed by atoms with van der Waals surface area (Å²) in [5, 5.41) is 4.18. The van der Waals surface area contributed by atoms with Crippen molar-refractivity contribution in [2.75, 3.05) is 6.54 Å². The molecule has 1 aromatic carbocycles. The summed E-state index contributed by atoms with van der Waals surface area (Å²) in [6, 6.07) is 9.79. The van der Waals surface area contributed by atoms with Gasteiger partial charge in [0.2, 0.25) is 11.8 Å². The number of likely N-dealkylation sites (tertiary alicyclic amines) is 1. The SMILES string of the molecule is C[C@@H]1CC[C@@H](C(N)=O)CN1C(=O)Cc1ccc(-n2cccn2)cc1. The number of hydrogen-bond donors (Lipinski definition) is 1. The van der Waals surface area contributed by atoms with E-state index in [2.05, 4.69) is 5.10 Å². The van der Waals surface area contributed by atoms with Crippen molar-refractivity contribution in [2.45, 2.75) is 32.2 Å². The summed E-state index contributed by atoms with van der Waals surface area (Å²) in [4.78, 5) is 25.8. The predicted molar refractivity (Wildman–Crippen MR) is 90.4 cm³/mol. The molecule has 0 radical (unpaired) electrons. The number of hydrogen-bond acceptors (Lipinski definition) is 3. The fourth-order valence-corrected chi connectivity index (χ4v) is 3.15. The topological polar surface area (TPSA) is 81.2 Å².